The van der Waals surface area contributed by atoms with Crippen LogP contribution in [0.5, 0.6) is 0 Å². The molecule has 1 atom stereocenters. The summed E-state index contributed by atoms with van der Waals surface area (Å²) in [5.41, 5.74) is 3.65. The van der Waals surface area contributed by atoms with Crippen LogP contribution >= 0.6 is 0 Å². The van der Waals surface area contributed by atoms with Crippen molar-refractivity contribution in [2.75, 3.05) is 19.0 Å². The second-order valence-electron chi connectivity index (χ2n) is 5.09. The van der Waals surface area contributed by atoms with Gasteiger partial charge in [-0.3, -0.25) is 0 Å². The molecule has 100 valence electrons. The molecule has 1 aliphatic rings. The van der Waals surface area contributed by atoms with E-state index in [1.165, 1.54) is 16.8 Å². The summed E-state index contributed by atoms with van der Waals surface area (Å²) in [5.74, 6) is 0.970. The lowest BCUT2D eigenvalue weighted by Gasteiger charge is -2.18. The molecule has 0 N–H and O–H groups in total. The lowest BCUT2D eigenvalue weighted by Crippen LogP contribution is -2.09. The van der Waals surface area contributed by atoms with Crippen LogP contribution in [-0.4, -0.2) is 20.2 Å². The van der Waals surface area contributed by atoms with Gasteiger partial charge >= 0.3 is 0 Å². The van der Waals surface area contributed by atoms with Crippen molar-refractivity contribution in [1.82, 2.24) is 0 Å². The molecule has 19 heavy (non-hydrogen) atoms. The lowest BCUT2D eigenvalue weighted by molar-refractivity contribution is 0.188. The number of ether oxygens (including phenoxy) is 1. The molecule has 1 aromatic rings. The Morgan fingerprint density at radius 3 is 2.37 bits per heavy atom. The summed E-state index contributed by atoms with van der Waals surface area (Å²) in [5, 5.41) is 0. The van der Waals surface area contributed by atoms with E-state index in [1.807, 2.05) is 21.0 Å². The average Bonchev–Trinajstić information content (AvgIpc) is 2.36. The fraction of sp³-hybridized carbons (Fsp3) is 0.294. The van der Waals surface area contributed by atoms with E-state index in [4.69, 9.17) is 4.74 Å². The molecule has 0 fully saturated rings. The normalized spacial score (nSPS) is 18.8. The Balaban J connectivity index is 2.05. The molecule has 2 rings (SSSR count). The van der Waals surface area contributed by atoms with Crippen molar-refractivity contribution in [1.29, 1.82) is 0 Å². The second kappa shape index (κ2) is 5.79. The molecule has 0 amide bonds. The van der Waals surface area contributed by atoms with E-state index in [9.17, 15) is 0 Å². The van der Waals surface area contributed by atoms with Crippen molar-refractivity contribution in [3.05, 3.63) is 59.4 Å². The van der Waals surface area contributed by atoms with Gasteiger partial charge in [0.2, 0.25) is 0 Å². The van der Waals surface area contributed by atoms with Crippen molar-refractivity contribution in [2.24, 2.45) is 0 Å². The van der Waals surface area contributed by atoms with Crippen molar-refractivity contribution in [3.63, 3.8) is 0 Å². The van der Waals surface area contributed by atoms with Crippen molar-refractivity contribution < 1.29 is 4.74 Å². The van der Waals surface area contributed by atoms with E-state index in [-0.39, 0.29) is 6.10 Å². The maximum Gasteiger partial charge on any atom is 0.135 e. The molecular weight excluding hydrogens is 234 g/mol. The zero-order valence-electron chi connectivity index (χ0n) is 12.1. The summed E-state index contributed by atoms with van der Waals surface area (Å²) in [6.07, 6.45) is 8.41. The topological polar surface area (TPSA) is 12.5 Å². The van der Waals surface area contributed by atoms with Crippen LogP contribution in [0.15, 0.2) is 53.8 Å². The van der Waals surface area contributed by atoms with E-state index in [1.54, 1.807) is 0 Å². The maximum atomic E-state index is 5.73. The number of nitrogens with zero attached hydrogens (tertiary/aromatic N) is 1. The highest BCUT2D eigenvalue weighted by atomic mass is 16.5. The molecule has 0 aliphatic carbocycles. The largest absolute Gasteiger partial charge is 0.487 e. The number of anilines is 1. The molecule has 0 saturated carbocycles. The Hall–Kier alpha value is -1.96. The highest BCUT2D eigenvalue weighted by Gasteiger charge is 2.08. The van der Waals surface area contributed by atoms with Crippen LogP contribution in [0, 0.1) is 0 Å². The lowest BCUT2D eigenvalue weighted by atomic mass is 10.1. The molecule has 1 heterocycles. The summed E-state index contributed by atoms with van der Waals surface area (Å²) in [6.45, 7) is 4.09. The number of allylic oxidation sites excluding steroid dienone is 3. The fourth-order valence-electron chi connectivity index (χ4n) is 2.09. The maximum absolute atomic E-state index is 5.73. The molecule has 0 aromatic heterocycles. The van der Waals surface area contributed by atoms with E-state index >= 15 is 0 Å². The molecule has 2 nitrogen and oxygen atoms in total. The molecule has 0 radical (unpaired) electrons. The molecule has 1 aromatic carbocycles. The van der Waals surface area contributed by atoms with Crippen LogP contribution in [0.25, 0.3) is 6.08 Å². The van der Waals surface area contributed by atoms with Gasteiger partial charge in [0.1, 0.15) is 6.10 Å². The van der Waals surface area contributed by atoms with Crippen LogP contribution in [0.3, 0.4) is 0 Å². The highest BCUT2D eigenvalue weighted by molar-refractivity contribution is 5.56. The zero-order valence-corrected chi connectivity index (χ0v) is 12.1. The van der Waals surface area contributed by atoms with Gasteiger partial charge in [0, 0.05) is 19.8 Å². The molecule has 1 aliphatic heterocycles. The number of hydrogen-bond donors (Lipinski definition) is 0. The van der Waals surface area contributed by atoms with Crippen LogP contribution in [0.2, 0.25) is 0 Å². The minimum Gasteiger partial charge on any atom is -0.487 e. The predicted octanol–water partition coefficient (Wildman–Crippen LogP) is 4.01. The SMILES string of the molecule is CC1=CC(/C=C/c2ccc(N(C)C)cc2)OC(C)=C1. The van der Waals surface area contributed by atoms with Gasteiger partial charge in [-0.15, -0.1) is 0 Å². The molecule has 1 unspecified atom stereocenters. The van der Waals surface area contributed by atoms with E-state index in [0.717, 1.165) is 5.76 Å². The summed E-state index contributed by atoms with van der Waals surface area (Å²) in [4.78, 5) is 2.10. The third-order valence-corrected chi connectivity index (χ3v) is 3.07. The van der Waals surface area contributed by atoms with Gasteiger partial charge in [-0.2, -0.15) is 0 Å². The molecule has 0 saturated heterocycles. The van der Waals surface area contributed by atoms with Gasteiger partial charge in [0.15, 0.2) is 0 Å². The van der Waals surface area contributed by atoms with Gasteiger partial charge in [-0.05, 0) is 55.3 Å². The molecular formula is C17H21NO. The van der Waals surface area contributed by atoms with Crippen molar-refractivity contribution >= 4 is 11.8 Å². The smallest absolute Gasteiger partial charge is 0.135 e. The monoisotopic (exact) mass is 255 g/mol. The van der Waals surface area contributed by atoms with Gasteiger partial charge in [0.25, 0.3) is 0 Å². The highest BCUT2D eigenvalue weighted by Crippen LogP contribution is 2.18. The number of rotatable bonds is 3. The van der Waals surface area contributed by atoms with Crippen LogP contribution in [0.1, 0.15) is 19.4 Å². The Kier molecular flexibility index (Phi) is 4.10. The third kappa shape index (κ3) is 3.75. The standard InChI is InChI=1S/C17H21NO/c1-13-11-14(2)19-17(12-13)10-7-15-5-8-16(9-6-15)18(3)4/h5-12,17H,1-4H3/b10-7+. The van der Waals surface area contributed by atoms with E-state index in [0.29, 0.717) is 0 Å². The van der Waals surface area contributed by atoms with Gasteiger partial charge in [-0.25, -0.2) is 0 Å². The second-order valence-corrected chi connectivity index (χ2v) is 5.09. The first-order valence-electron chi connectivity index (χ1n) is 6.53. The Bertz CT molecular complexity index is 521. The summed E-state index contributed by atoms with van der Waals surface area (Å²) < 4.78 is 5.73. The summed E-state index contributed by atoms with van der Waals surface area (Å²) >= 11 is 0. The molecule has 2 heteroatoms. The first kappa shape index (κ1) is 13.5. The average molecular weight is 255 g/mol. The molecule has 0 spiro atoms. The summed E-state index contributed by atoms with van der Waals surface area (Å²) in [6, 6.07) is 8.48. The van der Waals surface area contributed by atoms with E-state index < -0.39 is 0 Å². The quantitative estimate of drug-likeness (QED) is 0.809. The third-order valence-electron chi connectivity index (χ3n) is 3.07. The van der Waals surface area contributed by atoms with Gasteiger partial charge in [0.05, 0.1) is 5.76 Å². The van der Waals surface area contributed by atoms with Gasteiger partial charge in [-0.1, -0.05) is 18.2 Å². The van der Waals surface area contributed by atoms with Crippen LogP contribution in [0.4, 0.5) is 5.69 Å². The fourth-order valence-corrected chi connectivity index (χ4v) is 2.09. The minimum absolute atomic E-state index is 0.0403. The first-order chi connectivity index (χ1) is 9.04. The predicted molar refractivity (Wildman–Crippen MR) is 82.2 cm³/mol. The number of benzene rings is 1. The Morgan fingerprint density at radius 1 is 1.11 bits per heavy atom. The molecule has 0 bridgehead atoms. The van der Waals surface area contributed by atoms with Crippen LogP contribution in [-0.2, 0) is 4.74 Å². The first-order valence-corrected chi connectivity index (χ1v) is 6.53. The van der Waals surface area contributed by atoms with Crippen LogP contribution < -0.4 is 4.90 Å². The summed E-state index contributed by atoms with van der Waals surface area (Å²) in [7, 11) is 4.09. The van der Waals surface area contributed by atoms with Crippen molar-refractivity contribution in [3.8, 4) is 0 Å². The number of hydrogen-bond acceptors (Lipinski definition) is 2. The Morgan fingerprint density at radius 2 is 1.79 bits per heavy atom. The Labute approximate surface area is 115 Å². The zero-order chi connectivity index (χ0) is 13.8. The van der Waals surface area contributed by atoms with Crippen molar-refractivity contribution in [2.45, 2.75) is 20.0 Å². The van der Waals surface area contributed by atoms with E-state index in [2.05, 4.69) is 60.4 Å². The van der Waals surface area contributed by atoms with Gasteiger partial charge < -0.3 is 9.64 Å². The minimum atomic E-state index is 0.0403.